The van der Waals surface area contributed by atoms with E-state index in [1.165, 1.54) is 11.1 Å². The molecule has 0 bridgehead atoms. The number of hydrogen-bond acceptors (Lipinski definition) is 1. The highest BCUT2D eigenvalue weighted by Gasteiger charge is 2.01. The fourth-order valence-corrected chi connectivity index (χ4v) is 1.83. The standard InChI is InChI=1S/C14H23N3.HI/c1-4-17(5-2)14(15)16-11-10-13-9-7-6-8-12(13)3;/h6-9H,4-5,10-11H2,1-3H3,(H2,15,16);1H. The van der Waals surface area contributed by atoms with Crippen LogP contribution in [0.25, 0.3) is 0 Å². The number of nitrogens with zero attached hydrogens (tertiary/aromatic N) is 2. The molecule has 0 aromatic heterocycles. The predicted molar refractivity (Wildman–Crippen MR) is 89.7 cm³/mol. The molecule has 0 aliphatic rings. The molecule has 0 unspecified atom stereocenters. The van der Waals surface area contributed by atoms with Crippen molar-refractivity contribution in [1.29, 1.82) is 0 Å². The highest BCUT2D eigenvalue weighted by atomic mass is 127. The molecule has 3 nitrogen and oxygen atoms in total. The Hall–Kier alpha value is -0.780. The summed E-state index contributed by atoms with van der Waals surface area (Å²) in [5, 5.41) is 0. The van der Waals surface area contributed by atoms with Crippen molar-refractivity contribution in [3.8, 4) is 0 Å². The van der Waals surface area contributed by atoms with Gasteiger partial charge in [-0.1, -0.05) is 24.3 Å². The second-order valence-corrected chi connectivity index (χ2v) is 4.09. The van der Waals surface area contributed by atoms with E-state index in [-0.39, 0.29) is 24.0 Å². The van der Waals surface area contributed by atoms with Crippen molar-refractivity contribution in [1.82, 2.24) is 4.90 Å². The van der Waals surface area contributed by atoms with E-state index in [1.807, 2.05) is 0 Å². The topological polar surface area (TPSA) is 41.6 Å². The number of aryl methyl sites for hydroxylation is 1. The van der Waals surface area contributed by atoms with E-state index in [1.54, 1.807) is 0 Å². The molecule has 0 spiro atoms. The summed E-state index contributed by atoms with van der Waals surface area (Å²) in [5.41, 5.74) is 8.59. The van der Waals surface area contributed by atoms with Gasteiger partial charge in [-0.15, -0.1) is 24.0 Å². The van der Waals surface area contributed by atoms with Crippen LogP contribution < -0.4 is 5.73 Å². The summed E-state index contributed by atoms with van der Waals surface area (Å²) < 4.78 is 0. The Morgan fingerprint density at radius 1 is 1.22 bits per heavy atom. The third kappa shape index (κ3) is 5.25. The summed E-state index contributed by atoms with van der Waals surface area (Å²) in [6.45, 7) is 8.90. The first-order chi connectivity index (χ1) is 8.19. The Labute approximate surface area is 127 Å². The molecule has 0 amide bonds. The Balaban J connectivity index is 0.00000289. The monoisotopic (exact) mass is 361 g/mol. The fourth-order valence-electron chi connectivity index (χ4n) is 1.83. The van der Waals surface area contributed by atoms with Crippen LogP contribution in [0, 0.1) is 6.92 Å². The van der Waals surface area contributed by atoms with Crippen LogP contribution in [0.1, 0.15) is 25.0 Å². The maximum absolute atomic E-state index is 5.92. The van der Waals surface area contributed by atoms with E-state index in [4.69, 9.17) is 5.73 Å². The molecular weight excluding hydrogens is 337 g/mol. The number of benzene rings is 1. The van der Waals surface area contributed by atoms with E-state index < -0.39 is 0 Å². The van der Waals surface area contributed by atoms with Crippen molar-refractivity contribution in [3.05, 3.63) is 35.4 Å². The SMILES string of the molecule is CCN(CC)C(N)=NCCc1ccccc1C.I. The first-order valence-corrected chi connectivity index (χ1v) is 6.28. The fraction of sp³-hybridized carbons (Fsp3) is 0.500. The molecular formula is C14H24IN3. The summed E-state index contributed by atoms with van der Waals surface area (Å²) in [6, 6.07) is 8.41. The second-order valence-electron chi connectivity index (χ2n) is 4.09. The number of aliphatic imine (C=N–C) groups is 1. The zero-order valence-electron chi connectivity index (χ0n) is 11.5. The van der Waals surface area contributed by atoms with Gasteiger partial charge in [-0.05, 0) is 38.3 Å². The van der Waals surface area contributed by atoms with Crippen LogP contribution in [0.4, 0.5) is 0 Å². The van der Waals surface area contributed by atoms with Gasteiger partial charge in [0.1, 0.15) is 0 Å². The first kappa shape index (κ1) is 17.2. The lowest BCUT2D eigenvalue weighted by molar-refractivity contribution is 0.458. The van der Waals surface area contributed by atoms with E-state index in [0.29, 0.717) is 5.96 Å². The number of guanidine groups is 1. The van der Waals surface area contributed by atoms with Crippen molar-refractivity contribution in [2.24, 2.45) is 10.7 Å². The van der Waals surface area contributed by atoms with E-state index in [0.717, 1.165) is 26.1 Å². The number of halogens is 1. The molecule has 1 aromatic carbocycles. The van der Waals surface area contributed by atoms with Gasteiger partial charge in [0.25, 0.3) is 0 Å². The zero-order chi connectivity index (χ0) is 12.7. The maximum Gasteiger partial charge on any atom is 0.191 e. The molecule has 0 aliphatic carbocycles. The Kier molecular flexibility index (Phi) is 8.79. The van der Waals surface area contributed by atoms with Crippen LogP contribution >= 0.6 is 24.0 Å². The zero-order valence-corrected chi connectivity index (χ0v) is 13.8. The first-order valence-electron chi connectivity index (χ1n) is 6.28. The predicted octanol–water partition coefficient (Wildman–Crippen LogP) is 2.81. The molecule has 0 fully saturated rings. The molecule has 2 N–H and O–H groups in total. The van der Waals surface area contributed by atoms with Crippen molar-refractivity contribution >= 4 is 29.9 Å². The highest BCUT2D eigenvalue weighted by Crippen LogP contribution is 2.07. The van der Waals surface area contributed by atoms with Gasteiger partial charge in [0, 0.05) is 19.6 Å². The van der Waals surface area contributed by atoms with Crippen LogP contribution in [0.5, 0.6) is 0 Å². The number of nitrogens with two attached hydrogens (primary N) is 1. The van der Waals surface area contributed by atoms with E-state index >= 15 is 0 Å². The molecule has 0 atom stereocenters. The Morgan fingerprint density at radius 3 is 2.39 bits per heavy atom. The van der Waals surface area contributed by atoms with Gasteiger partial charge in [0.2, 0.25) is 0 Å². The second kappa shape index (κ2) is 9.19. The lowest BCUT2D eigenvalue weighted by Crippen LogP contribution is -2.37. The summed E-state index contributed by atoms with van der Waals surface area (Å²) >= 11 is 0. The number of hydrogen-bond donors (Lipinski definition) is 1. The molecule has 1 rings (SSSR count). The molecule has 18 heavy (non-hydrogen) atoms. The van der Waals surface area contributed by atoms with Gasteiger partial charge in [-0.2, -0.15) is 0 Å². The smallest absolute Gasteiger partial charge is 0.191 e. The highest BCUT2D eigenvalue weighted by molar-refractivity contribution is 14.0. The van der Waals surface area contributed by atoms with Gasteiger partial charge in [-0.25, -0.2) is 0 Å². The molecule has 0 radical (unpaired) electrons. The summed E-state index contributed by atoms with van der Waals surface area (Å²) in [5.74, 6) is 0.656. The maximum atomic E-state index is 5.92. The van der Waals surface area contributed by atoms with Crippen LogP contribution in [-0.4, -0.2) is 30.5 Å². The molecule has 0 heterocycles. The van der Waals surface area contributed by atoms with Crippen LogP contribution in [-0.2, 0) is 6.42 Å². The minimum atomic E-state index is 0. The van der Waals surface area contributed by atoms with Gasteiger partial charge in [0.15, 0.2) is 5.96 Å². The molecule has 4 heteroatoms. The van der Waals surface area contributed by atoms with Crippen LogP contribution in [0.3, 0.4) is 0 Å². The minimum absolute atomic E-state index is 0. The average Bonchev–Trinajstić information content (AvgIpc) is 2.33. The Morgan fingerprint density at radius 2 is 1.83 bits per heavy atom. The molecule has 0 saturated carbocycles. The molecule has 0 saturated heterocycles. The minimum Gasteiger partial charge on any atom is -0.370 e. The molecule has 0 aliphatic heterocycles. The average molecular weight is 361 g/mol. The van der Waals surface area contributed by atoms with Crippen LogP contribution in [0.2, 0.25) is 0 Å². The molecule has 1 aromatic rings. The van der Waals surface area contributed by atoms with Gasteiger partial charge < -0.3 is 10.6 Å². The largest absolute Gasteiger partial charge is 0.370 e. The van der Waals surface area contributed by atoms with Crippen molar-refractivity contribution < 1.29 is 0 Å². The normalized spacial score (nSPS) is 10.9. The van der Waals surface area contributed by atoms with Crippen molar-refractivity contribution in [3.63, 3.8) is 0 Å². The van der Waals surface area contributed by atoms with Crippen LogP contribution in [0.15, 0.2) is 29.3 Å². The quantitative estimate of drug-likeness (QED) is 0.498. The summed E-state index contributed by atoms with van der Waals surface area (Å²) in [6.07, 6.45) is 0.953. The van der Waals surface area contributed by atoms with E-state index in [2.05, 4.69) is 54.9 Å². The van der Waals surface area contributed by atoms with Crippen molar-refractivity contribution in [2.45, 2.75) is 27.2 Å². The van der Waals surface area contributed by atoms with Gasteiger partial charge in [-0.3, -0.25) is 4.99 Å². The third-order valence-electron chi connectivity index (χ3n) is 3.00. The summed E-state index contributed by atoms with van der Waals surface area (Å²) in [7, 11) is 0. The van der Waals surface area contributed by atoms with Gasteiger partial charge >= 0.3 is 0 Å². The lowest BCUT2D eigenvalue weighted by Gasteiger charge is -2.19. The third-order valence-corrected chi connectivity index (χ3v) is 3.00. The summed E-state index contributed by atoms with van der Waals surface area (Å²) in [4.78, 5) is 6.49. The van der Waals surface area contributed by atoms with Gasteiger partial charge in [0.05, 0.1) is 0 Å². The lowest BCUT2D eigenvalue weighted by atomic mass is 10.1. The van der Waals surface area contributed by atoms with Crippen molar-refractivity contribution in [2.75, 3.05) is 19.6 Å². The number of rotatable bonds is 5. The molecule has 102 valence electrons. The van der Waals surface area contributed by atoms with E-state index in [9.17, 15) is 0 Å². The Bertz CT molecular complexity index is 373.